The van der Waals surface area contributed by atoms with Crippen LogP contribution in [0.5, 0.6) is 5.75 Å². The van der Waals surface area contributed by atoms with Gasteiger partial charge in [-0.2, -0.15) is 0 Å². The van der Waals surface area contributed by atoms with Gasteiger partial charge in [-0.05, 0) is 23.6 Å². The monoisotopic (exact) mass is 248 g/mol. The number of hydrogen-bond donors (Lipinski definition) is 1. The number of ether oxygens (including phenoxy) is 1. The molecule has 0 unspecified atom stereocenters. The molecule has 1 aromatic rings. The van der Waals surface area contributed by atoms with Crippen LogP contribution in [-0.4, -0.2) is 33.3 Å². The van der Waals surface area contributed by atoms with Crippen LogP contribution in [0.1, 0.15) is 26.3 Å². The standard InChI is InChI=1S/C15H24N2O/c1-15(2,3)13-8-11(6-7-14(13)18-5)17(4)12-9-16-10-12/h6-8,12,16H,9-10H2,1-5H3. The van der Waals surface area contributed by atoms with Gasteiger partial charge in [0.15, 0.2) is 0 Å². The molecule has 2 rings (SSSR count). The summed E-state index contributed by atoms with van der Waals surface area (Å²) in [6.45, 7) is 8.82. The van der Waals surface area contributed by atoms with Crippen molar-refractivity contribution in [2.24, 2.45) is 0 Å². The quantitative estimate of drug-likeness (QED) is 0.889. The van der Waals surface area contributed by atoms with Gasteiger partial charge in [-0.1, -0.05) is 20.8 Å². The number of nitrogens with zero attached hydrogens (tertiary/aromatic N) is 1. The third kappa shape index (κ3) is 2.46. The van der Waals surface area contributed by atoms with Crippen molar-refractivity contribution in [3.05, 3.63) is 23.8 Å². The Bertz CT molecular complexity index is 419. The van der Waals surface area contributed by atoms with E-state index in [0.29, 0.717) is 6.04 Å². The molecule has 1 aromatic carbocycles. The van der Waals surface area contributed by atoms with E-state index in [1.807, 2.05) is 0 Å². The molecule has 100 valence electrons. The molecule has 0 saturated carbocycles. The predicted octanol–water partition coefficient (Wildman–Crippen LogP) is 2.40. The zero-order valence-corrected chi connectivity index (χ0v) is 12.1. The Morgan fingerprint density at radius 3 is 2.39 bits per heavy atom. The van der Waals surface area contributed by atoms with Crippen molar-refractivity contribution in [3.63, 3.8) is 0 Å². The van der Waals surface area contributed by atoms with E-state index in [-0.39, 0.29) is 5.41 Å². The van der Waals surface area contributed by atoms with Gasteiger partial charge in [-0.25, -0.2) is 0 Å². The predicted molar refractivity (Wildman–Crippen MR) is 76.8 cm³/mol. The van der Waals surface area contributed by atoms with Crippen molar-refractivity contribution >= 4 is 5.69 Å². The number of hydrogen-bond acceptors (Lipinski definition) is 3. The first-order chi connectivity index (χ1) is 8.43. The van der Waals surface area contributed by atoms with Gasteiger partial charge in [0.05, 0.1) is 13.2 Å². The summed E-state index contributed by atoms with van der Waals surface area (Å²) in [6, 6.07) is 7.11. The van der Waals surface area contributed by atoms with E-state index >= 15 is 0 Å². The number of nitrogens with one attached hydrogen (secondary N) is 1. The fourth-order valence-electron chi connectivity index (χ4n) is 2.26. The molecule has 1 N–H and O–H groups in total. The number of benzene rings is 1. The van der Waals surface area contributed by atoms with E-state index in [2.05, 4.69) is 56.2 Å². The van der Waals surface area contributed by atoms with Crippen molar-refractivity contribution in [1.82, 2.24) is 5.32 Å². The Kier molecular flexibility index (Phi) is 3.53. The minimum absolute atomic E-state index is 0.0973. The second-order valence-corrected chi connectivity index (χ2v) is 6.06. The van der Waals surface area contributed by atoms with Crippen LogP contribution in [0.3, 0.4) is 0 Å². The lowest BCUT2D eigenvalue weighted by Crippen LogP contribution is -2.56. The van der Waals surface area contributed by atoms with Gasteiger partial charge < -0.3 is 15.0 Å². The normalized spacial score (nSPS) is 16.3. The molecule has 18 heavy (non-hydrogen) atoms. The summed E-state index contributed by atoms with van der Waals surface area (Å²) in [5.74, 6) is 0.978. The molecular weight excluding hydrogens is 224 g/mol. The Hall–Kier alpha value is -1.22. The molecule has 0 bridgehead atoms. The molecule has 0 radical (unpaired) electrons. The van der Waals surface area contributed by atoms with Gasteiger partial charge in [0.2, 0.25) is 0 Å². The van der Waals surface area contributed by atoms with E-state index in [1.54, 1.807) is 7.11 Å². The van der Waals surface area contributed by atoms with E-state index in [9.17, 15) is 0 Å². The third-order valence-electron chi connectivity index (χ3n) is 3.71. The van der Waals surface area contributed by atoms with E-state index in [4.69, 9.17) is 4.74 Å². The van der Waals surface area contributed by atoms with Crippen molar-refractivity contribution < 1.29 is 4.74 Å². The molecule has 1 heterocycles. The summed E-state index contributed by atoms with van der Waals surface area (Å²) in [4.78, 5) is 2.35. The molecule has 1 fully saturated rings. The van der Waals surface area contributed by atoms with E-state index in [0.717, 1.165) is 18.8 Å². The zero-order valence-electron chi connectivity index (χ0n) is 12.1. The molecule has 1 aliphatic rings. The fourth-order valence-corrected chi connectivity index (χ4v) is 2.26. The minimum atomic E-state index is 0.0973. The average molecular weight is 248 g/mol. The highest BCUT2D eigenvalue weighted by Gasteiger charge is 2.24. The van der Waals surface area contributed by atoms with Crippen LogP contribution in [0.2, 0.25) is 0 Å². The lowest BCUT2D eigenvalue weighted by atomic mass is 9.86. The van der Waals surface area contributed by atoms with Gasteiger partial charge in [0.25, 0.3) is 0 Å². The van der Waals surface area contributed by atoms with Gasteiger partial charge in [-0.15, -0.1) is 0 Å². The largest absolute Gasteiger partial charge is 0.496 e. The van der Waals surface area contributed by atoms with Gasteiger partial charge in [0, 0.05) is 31.4 Å². The highest BCUT2D eigenvalue weighted by molar-refractivity contribution is 5.55. The summed E-state index contributed by atoms with van der Waals surface area (Å²) in [6.07, 6.45) is 0. The average Bonchev–Trinajstić information content (AvgIpc) is 2.24. The van der Waals surface area contributed by atoms with Crippen LogP contribution in [0.25, 0.3) is 0 Å². The summed E-state index contributed by atoms with van der Waals surface area (Å²) in [5, 5.41) is 3.31. The topological polar surface area (TPSA) is 24.5 Å². The first kappa shape index (κ1) is 13.2. The zero-order chi connectivity index (χ0) is 13.3. The number of likely N-dealkylation sites (N-methyl/N-ethyl adjacent to an activating group) is 1. The molecule has 0 atom stereocenters. The van der Waals surface area contributed by atoms with Crippen LogP contribution in [0.4, 0.5) is 5.69 Å². The lowest BCUT2D eigenvalue weighted by molar-refractivity contribution is 0.397. The van der Waals surface area contributed by atoms with Gasteiger partial charge in [-0.3, -0.25) is 0 Å². The molecular formula is C15H24N2O. The summed E-state index contributed by atoms with van der Waals surface area (Å²) in [5.41, 5.74) is 2.63. The minimum Gasteiger partial charge on any atom is -0.496 e. The van der Waals surface area contributed by atoms with Crippen molar-refractivity contribution in [3.8, 4) is 5.75 Å². The number of methoxy groups -OCH3 is 1. The van der Waals surface area contributed by atoms with Crippen molar-refractivity contribution in [2.75, 3.05) is 32.1 Å². The maximum absolute atomic E-state index is 5.48. The second kappa shape index (κ2) is 4.81. The molecule has 0 aliphatic carbocycles. The Labute approximate surface area is 110 Å². The summed E-state index contributed by atoms with van der Waals surface area (Å²) >= 11 is 0. The smallest absolute Gasteiger partial charge is 0.122 e. The highest BCUT2D eigenvalue weighted by atomic mass is 16.5. The van der Waals surface area contributed by atoms with Crippen LogP contribution >= 0.6 is 0 Å². The van der Waals surface area contributed by atoms with E-state index < -0.39 is 0 Å². The molecule has 3 heteroatoms. The molecule has 0 amide bonds. The maximum atomic E-state index is 5.48. The molecule has 0 spiro atoms. The Balaban J connectivity index is 2.33. The first-order valence-corrected chi connectivity index (χ1v) is 6.55. The van der Waals surface area contributed by atoms with Crippen LogP contribution in [-0.2, 0) is 5.41 Å². The molecule has 1 aliphatic heterocycles. The molecule has 0 aromatic heterocycles. The first-order valence-electron chi connectivity index (χ1n) is 6.55. The van der Waals surface area contributed by atoms with Gasteiger partial charge in [0.1, 0.15) is 5.75 Å². The van der Waals surface area contributed by atoms with Crippen LogP contribution < -0.4 is 15.0 Å². The lowest BCUT2D eigenvalue weighted by Gasteiger charge is -2.38. The maximum Gasteiger partial charge on any atom is 0.122 e. The third-order valence-corrected chi connectivity index (χ3v) is 3.71. The van der Waals surface area contributed by atoms with Crippen LogP contribution in [0, 0.1) is 0 Å². The van der Waals surface area contributed by atoms with E-state index in [1.165, 1.54) is 11.3 Å². The molecule has 1 saturated heterocycles. The van der Waals surface area contributed by atoms with Crippen molar-refractivity contribution in [2.45, 2.75) is 32.2 Å². The number of anilines is 1. The summed E-state index contributed by atoms with van der Waals surface area (Å²) < 4.78 is 5.48. The van der Waals surface area contributed by atoms with Gasteiger partial charge >= 0.3 is 0 Å². The van der Waals surface area contributed by atoms with Crippen LogP contribution in [0.15, 0.2) is 18.2 Å². The SMILES string of the molecule is COc1ccc(N(C)C2CNC2)cc1C(C)(C)C. The van der Waals surface area contributed by atoms with Crippen molar-refractivity contribution in [1.29, 1.82) is 0 Å². The second-order valence-electron chi connectivity index (χ2n) is 6.06. The Morgan fingerprint density at radius 2 is 1.94 bits per heavy atom. The number of rotatable bonds is 3. The summed E-state index contributed by atoms with van der Waals surface area (Å²) in [7, 11) is 3.91. The fraction of sp³-hybridized carbons (Fsp3) is 0.600. The Morgan fingerprint density at radius 1 is 1.28 bits per heavy atom. The highest BCUT2D eigenvalue weighted by Crippen LogP contribution is 2.34. The molecule has 3 nitrogen and oxygen atoms in total.